The molecule has 24 heavy (non-hydrogen) atoms. The average molecular weight is 328 g/mol. The van der Waals surface area contributed by atoms with Crippen molar-refractivity contribution in [2.24, 2.45) is 0 Å². The molecule has 0 radical (unpaired) electrons. The molecule has 0 spiro atoms. The molecule has 0 aliphatic heterocycles. The lowest BCUT2D eigenvalue weighted by Gasteiger charge is -2.47. The molecule has 1 aromatic carbocycles. The number of carbonyl (C=O) groups excluding carboxylic acids is 2. The van der Waals surface area contributed by atoms with Crippen molar-refractivity contribution in [3.05, 3.63) is 46.5 Å². The van der Waals surface area contributed by atoms with Crippen LogP contribution in [0.2, 0.25) is 0 Å². The fourth-order valence-electron chi connectivity index (χ4n) is 4.28. The molecular weight excluding hydrogens is 304 g/mol. The van der Waals surface area contributed by atoms with Gasteiger partial charge in [-0.3, -0.25) is 4.79 Å². The molecule has 0 bridgehead atoms. The quantitative estimate of drug-likeness (QED) is 0.865. The highest BCUT2D eigenvalue weighted by atomic mass is 16.5. The first-order valence-corrected chi connectivity index (χ1v) is 8.70. The lowest BCUT2D eigenvalue weighted by atomic mass is 9.58. The molecule has 4 nitrogen and oxygen atoms in total. The minimum absolute atomic E-state index is 0.192. The maximum Gasteiger partial charge on any atom is 0.338 e. The first kappa shape index (κ1) is 16.9. The summed E-state index contributed by atoms with van der Waals surface area (Å²) < 4.78 is 5.03. The van der Waals surface area contributed by atoms with Gasteiger partial charge in [-0.15, -0.1) is 0 Å². The van der Waals surface area contributed by atoms with Crippen LogP contribution in [0.5, 0.6) is 0 Å². The number of Topliss-reactive ketones (excluding diaryl/α,β-unsaturated/α-hetero) is 1. The largest absolute Gasteiger partial charge is 0.462 e. The van der Waals surface area contributed by atoms with Gasteiger partial charge in [-0.25, -0.2) is 4.79 Å². The van der Waals surface area contributed by atoms with Crippen LogP contribution < -0.4 is 0 Å². The second kappa shape index (κ2) is 6.52. The Morgan fingerprint density at radius 2 is 2.00 bits per heavy atom. The number of ether oxygens (including phenoxy) is 1. The van der Waals surface area contributed by atoms with E-state index in [-0.39, 0.29) is 11.8 Å². The molecule has 2 atom stereocenters. The lowest BCUT2D eigenvalue weighted by Crippen LogP contribution is -2.47. The average Bonchev–Trinajstić information content (AvgIpc) is 2.59. The van der Waals surface area contributed by atoms with Crippen LogP contribution in [-0.4, -0.2) is 29.6 Å². The van der Waals surface area contributed by atoms with Gasteiger partial charge < -0.3 is 9.84 Å². The van der Waals surface area contributed by atoms with Crippen LogP contribution in [0, 0.1) is 0 Å². The van der Waals surface area contributed by atoms with Crippen LogP contribution in [0.3, 0.4) is 0 Å². The summed E-state index contributed by atoms with van der Waals surface area (Å²) in [5.74, 6) is -0.144. The molecule has 1 N–H and O–H groups in total. The molecule has 0 unspecified atom stereocenters. The molecule has 128 valence electrons. The van der Waals surface area contributed by atoms with E-state index < -0.39 is 11.5 Å². The van der Waals surface area contributed by atoms with E-state index in [0.717, 1.165) is 36.0 Å². The molecule has 0 heterocycles. The molecule has 0 saturated heterocycles. The number of aliphatic hydroxyl groups is 1. The third-order valence-electron chi connectivity index (χ3n) is 5.54. The Bertz CT molecular complexity index is 686. The number of rotatable bonds is 3. The van der Waals surface area contributed by atoms with Crippen molar-refractivity contribution in [2.75, 3.05) is 6.61 Å². The van der Waals surface area contributed by atoms with Gasteiger partial charge in [-0.05, 0) is 62.8 Å². The maximum absolute atomic E-state index is 12.1. The van der Waals surface area contributed by atoms with E-state index in [2.05, 4.69) is 0 Å². The summed E-state index contributed by atoms with van der Waals surface area (Å²) in [7, 11) is 0. The summed E-state index contributed by atoms with van der Waals surface area (Å²) >= 11 is 0. The highest BCUT2D eigenvalue weighted by Crippen LogP contribution is 2.50. The fraction of sp³-hybridized carbons (Fsp3) is 0.500. The predicted octanol–water partition coefficient (Wildman–Crippen LogP) is 3.33. The Balaban J connectivity index is 2.04. The van der Waals surface area contributed by atoms with Crippen LogP contribution in [0.4, 0.5) is 0 Å². The van der Waals surface area contributed by atoms with Crippen molar-refractivity contribution in [3.8, 4) is 0 Å². The molecule has 0 aromatic heterocycles. The van der Waals surface area contributed by atoms with Gasteiger partial charge in [0.2, 0.25) is 0 Å². The number of esters is 1. The number of hydrogen-bond donors (Lipinski definition) is 1. The maximum atomic E-state index is 12.1. The minimum atomic E-state index is -0.488. The van der Waals surface area contributed by atoms with Gasteiger partial charge in [-0.1, -0.05) is 17.7 Å². The second-order valence-electron chi connectivity index (χ2n) is 6.70. The minimum Gasteiger partial charge on any atom is -0.462 e. The second-order valence-corrected chi connectivity index (χ2v) is 6.70. The summed E-state index contributed by atoms with van der Waals surface area (Å²) in [4.78, 5) is 24.0. The monoisotopic (exact) mass is 328 g/mol. The Labute approximate surface area is 142 Å². The van der Waals surface area contributed by atoms with Crippen molar-refractivity contribution in [3.63, 3.8) is 0 Å². The summed E-state index contributed by atoms with van der Waals surface area (Å²) in [6.07, 6.45) is 3.12. The van der Waals surface area contributed by atoms with E-state index in [1.807, 2.05) is 19.1 Å². The number of allylic oxidation sites excluding steroid dienone is 1. The van der Waals surface area contributed by atoms with Crippen molar-refractivity contribution in [1.29, 1.82) is 0 Å². The molecule has 2 aliphatic carbocycles. The number of carbonyl (C=O) groups is 2. The van der Waals surface area contributed by atoms with Gasteiger partial charge in [0.05, 0.1) is 18.3 Å². The summed E-state index contributed by atoms with van der Waals surface area (Å²) in [5.41, 5.74) is 2.92. The Hall–Kier alpha value is -1.94. The van der Waals surface area contributed by atoms with Gasteiger partial charge in [-0.2, -0.15) is 0 Å². The molecule has 1 aromatic rings. The Kier molecular flexibility index (Phi) is 4.59. The first-order valence-electron chi connectivity index (χ1n) is 8.70. The highest BCUT2D eigenvalue weighted by molar-refractivity contribution is 5.97. The van der Waals surface area contributed by atoms with E-state index in [1.165, 1.54) is 0 Å². The number of benzene rings is 1. The molecule has 1 saturated carbocycles. The van der Waals surface area contributed by atoms with Gasteiger partial charge in [0.1, 0.15) is 0 Å². The normalized spacial score (nSPS) is 27.0. The number of ketones is 1. The number of aliphatic hydroxyl groups excluding tert-OH is 1. The summed E-state index contributed by atoms with van der Waals surface area (Å²) in [5, 5.41) is 10.8. The molecule has 0 amide bonds. The fourth-order valence-corrected chi connectivity index (χ4v) is 4.28. The van der Waals surface area contributed by atoms with E-state index >= 15 is 0 Å². The Morgan fingerprint density at radius 1 is 1.29 bits per heavy atom. The zero-order valence-corrected chi connectivity index (χ0v) is 14.3. The van der Waals surface area contributed by atoms with E-state index in [1.54, 1.807) is 19.1 Å². The van der Waals surface area contributed by atoms with Crippen LogP contribution in [0.25, 0.3) is 0 Å². The van der Waals surface area contributed by atoms with Crippen molar-refractivity contribution in [2.45, 2.75) is 57.5 Å². The van der Waals surface area contributed by atoms with E-state index in [9.17, 15) is 14.7 Å². The predicted molar refractivity (Wildman–Crippen MR) is 90.9 cm³/mol. The Morgan fingerprint density at radius 3 is 2.67 bits per heavy atom. The molecule has 1 fully saturated rings. The molecule has 4 heteroatoms. The topological polar surface area (TPSA) is 63.6 Å². The SMILES string of the molecule is CCOC(=O)c1ccc([C@]23CCC(=O)C(C)=C2CCC[C@@H]3O)cc1. The zero-order chi connectivity index (χ0) is 17.3. The van der Waals surface area contributed by atoms with Crippen LogP contribution in [0.15, 0.2) is 35.4 Å². The van der Waals surface area contributed by atoms with E-state index in [4.69, 9.17) is 4.74 Å². The van der Waals surface area contributed by atoms with Gasteiger partial charge in [0.25, 0.3) is 0 Å². The van der Waals surface area contributed by atoms with E-state index in [0.29, 0.717) is 25.0 Å². The molecule has 2 aliphatic rings. The van der Waals surface area contributed by atoms with Gasteiger partial charge in [0.15, 0.2) is 5.78 Å². The third kappa shape index (κ3) is 2.59. The third-order valence-corrected chi connectivity index (χ3v) is 5.54. The number of hydrogen-bond acceptors (Lipinski definition) is 4. The summed E-state index contributed by atoms with van der Waals surface area (Å²) in [6, 6.07) is 7.33. The number of fused-ring (bicyclic) bond motifs is 1. The van der Waals surface area contributed by atoms with Gasteiger partial charge in [0, 0.05) is 11.8 Å². The zero-order valence-electron chi connectivity index (χ0n) is 14.3. The van der Waals surface area contributed by atoms with Crippen molar-refractivity contribution < 1.29 is 19.4 Å². The van der Waals surface area contributed by atoms with Crippen LogP contribution >= 0.6 is 0 Å². The smallest absolute Gasteiger partial charge is 0.338 e. The standard InChI is InChI=1S/C20H24O4/c1-3-24-19(23)14-7-9-15(10-8-14)20-12-11-17(21)13(2)16(20)5-4-6-18(20)22/h7-10,18,22H,3-6,11-12H2,1-2H3/t18-,20+/m0/s1. The first-order chi connectivity index (χ1) is 11.5. The summed E-state index contributed by atoms with van der Waals surface area (Å²) in [6.45, 7) is 4.01. The molecule has 3 rings (SSSR count). The molecular formula is C20H24O4. The lowest BCUT2D eigenvalue weighted by molar-refractivity contribution is -0.117. The van der Waals surface area contributed by atoms with Crippen molar-refractivity contribution >= 4 is 11.8 Å². The van der Waals surface area contributed by atoms with Crippen LogP contribution in [-0.2, 0) is 14.9 Å². The van der Waals surface area contributed by atoms with Crippen LogP contribution in [0.1, 0.15) is 61.9 Å². The van der Waals surface area contributed by atoms with Gasteiger partial charge >= 0.3 is 5.97 Å². The highest BCUT2D eigenvalue weighted by Gasteiger charge is 2.48. The van der Waals surface area contributed by atoms with Crippen molar-refractivity contribution in [1.82, 2.24) is 0 Å².